The van der Waals surface area contributed by atoms with Crippen molar-refractivity contribution in [2.24, 2.45) is 0 Å². The van der Waals surface area contributed by atoms with E-state index >= 15 is 0 Å². The second-order valence-corrected chi connectivity index (χ2v) is 1.98. The summed E-state index contributed by atoms with van der Waals surface area (Å²) in [4.78, 5) is 10.9. The van der Waals surface area contributed by atoms with Crippen LogP contribution in [0.1, 0.15) is 0 Å². The van der Waals surface area contributed by atoms with Gasteiger partial charge in [-0.25, -0.2) is 4.79 Å². The van der Waals surface area contributed by atoms with E-state index in [-0.39, 0.29) is 18.8 Å². The van der Waals surface area contributed by atoms with Crippen molar-refractivity contribution in [3.63, 3.8) is 0 Å². The zero-order valence-electron chi connectivity index (χ0n) is 6.82. The fourth-order valence-electron chi connectivity index (χ4n) is 0.483. The van der Waals surface area contributed by atoms with E-state index in [2.05, 4.69) is 17.9 Å². The minimum absolute atomic E-state index is 0.000216. The van der Waals surface area contributed by atoms with Gasteiger partial charge in [0.2, 0.25) is 0 Å². The summed E-state index contributed by atoms with van der Waals surface area (Å²) in [5.74, 6) is -0.526. The smallest absolute Gasteiger partial charge is 0.337 e. The Kier molecular flexibility index (Phi) is 5.65. The lowest BCUT2D eigenvalue weighted by Gasteiger charge is -2.00. The van der Waals surface area contributed by atoms with Crippen LogP contribution in [0.2, 0.25) is 0 Å². The maximum absolute atomic E-state index is 10.9. The quantitative estimate of drug-likeness (QED) is 0.375. The number of aliphatic hydroxyl groups excluding tert-OH is 1. The molecule has 0 aliphatic heterocycles. The normalized spacial score (nSPS) is 9.75. The summed E-state index contributed by atoms with van der Waals surface area (Å²) in [6, 6.07) is 0. The molecule has 0 aromatic heterocycles. The maximum Gasteiger partial charge on any atom is 0.337 e. The lowest BCUT2D eigenvalue weighted by atomic mass is 10.3. The predicted octanol–water partition coefficient (Wildman–Crippen LogP) is 0.820. The van der Waals surface area contributed by atoms with E-state index in [9.17, 15) is 4.79 Å². The van der Waals surface area contributed by atoms with Crippen LogP contribution in [0.5, 0.6) is 0 Å². The summed E-state index contributed by atoms with van der Waals surface area (Å²) < 4.78 is 4.58. The van der Waals surface area contributed by atoms with Gasteiger partial charge in [-0.3, -0.25) is 0 Å². The Morgan fingerprint density at radius 3 is 2.75 bits per heavy atom. The van der Waals surface area contributed by atoms with Crippen LogP contribution in [-0.4, -0.2) is 24.3 Å². The molecule has 66 valence electrons. The lowest BCUT2D eigenvalue weighted by molar-refractivity contribution is -0.139. The highest BCUT2D eigenvalue weighted by Gasteiger charge is 2.02. The topological polar surface area (TPSA) is 46.5 Å². The molecule has 0 bridgehead atoms. The third-order valence-corrected chi connectivity index (χ3v) is 1.02. The molecule has 3 nitrogen and oxygen atoms in total. The summed E-state index contributed by atoms with van der Waals surface area (Å²) in [5, 5.41) is 8.33. The fourth-order valence-corrected chi connectivity index (χ4v) is 0.483. The van der Waals surface area contributed by atoms with E-state index < -0.39 is 5.97 Å². The summed E-state index contributed by atoms with van der Waals surface area (Å²) in [7, 11) is 0. The molecule has 0 radical (unpaired) electrons. The number of aliphatic hydroxyl groups is 1. The molecule has 0 aliphatic carbocycles. The molecule has 0 fully saturated rings. The molecule has 3 heteroatoms. The molecule has 0 aromatic carbocycles. The van der Waals surface area contributed by atoms with Crippen LogP contribution in [-0.2, 0) is 9.53 Å². The molecular formula is C9H12O3. The van der Waals surface area contributed by atoms with Crippen LogP contribution in [0.4, 0.5) is 0 Å². The number of esters is 1. The lowest BCUT2D eigenvalue weighted by Crippen LogP contribution is -2.08. The third-order valence-electron chi connectivity index (χ3n) is 1.02. The van der Waals surface area contributed by atoms with Gasteiger partial charge in [0, 0.05) is 0 Å². The molecule has 0 aromatic rings. The van der Waals surface area contributed by atoms with E-state index in [1.807, 2.05) is 0 Å². The van der Waals surface area contributed by atoms with Gasteiger partial charge < -0.3 is 9.84 Å². The van der Waals surface area contributed by atoms with Crippen molar-refractivity contribution in [3.8, 4) is 0 Å². The zero-order chi connectivity index (χ0) is 9.40. The first-order chi connectivity index (χ1) is 5.72. The average molecular weight is 168 g/mol. The van der Waals surface area contributed by atoms with Crippen molar-refractivity contribution in [2.45, 2.75) is 0 Å². The Hall–Kier alpha value is -1.35. The molecule has 0 saturated carbocycles. The van der Waals surface area contributed by atoms with Crippen molar-refractivity contribution < 1.29 is 14.6 Å². The van der Waals surface area contributed by atoms with E-state index in [1.165, 1.54) is 12.2 Å². The van der Waals surface area contributed by atoms with Crippen LogP contribution in [0, 0.1) is 0 Å². The highest BCUT2D eigenvalue weighted by molar-refractivity contribution is 5.90. The Morgan fingerprint density at radius 2 is 2.25 bits per heavy atom. The van der Waals surface area contributed by atoms with Gasteiger partial charge in [-0.2, -0.15) is 0 Å². The Morgan fingerprint density at radius 1 is 1.58 bits per heavy atom. The minimum Gasteiger partial charge on any atom is -0.460 e. The second kappa shape index (κ2) is 6.37. The molecule has 12 heavy (non-hydrogen) atoms. The molecule has 0 rings (SSSR count). The van der Waals surface area contributed by atoms with E-state index in [4.69, 9.17) is 5.11 Å². The van der Waals surface area contributed by atoms with Gasteiger partial charge >= 0.3 is 5.97 Å². The largest absolute Gasteiger partial charge is 0.460 e. The SMILES string of the molecule is C=C/C=C/C(=C)C(=O)OCCO. The standard InChI is InChI=1S/C9H12O3/c1-3-4-5-8(2)9(11)12-7-6-10/h3-5,10H,1-2,6-7H2/b5-4+. The van der Waals surface area contributed by atoms with Crippen LogP contribution >= 0.6 is 0 Å². The Labute approximate surface area is 71.7 Å². The van der Waals surface area contributed by atoms with Gasteiger partial charge in [0.25, 0.3) is 0 Å². The molecule has 0 saturated heterocycles. The fraction of sp³-hybridized carbons (Fsp3) is 0.222. The number of rotatable bonds is 5. The Balaban J connectivity index is 3.85. The van der Waals surface area contributed by atoms with Gasteiger partial charge in [-0.15, -0.1) is 0 Å². The van der Waals surface area contributed by atoms with E-state index in [0.717, 1.165) is 0 Å². The number of hydrogen-bond acceptors (Lipinski definition) is 3. The number of ether oxygens (including phenoxy) is 1. The molecule has 0 aliphatic rings. The maximum atomic E-state index is 10.9. The molecule has 1 N–H and O–H groups in total. The Bertz CT molecular complexity index is 204. The molecule has 0 spiro atoms. The number of allylic oxidation sites excluding steroid dienone is 2. The van der Waals surface area contributed by atoms with Crippen LogP contribution in [0.3, 0.4) is 0 Å². The van der Waals surface area contributed by atoms with Gasteiger partial charge in [-0.1, -0.05) is 25.3 Å². The highest BCUT2D eigenvalue weighted by atomic mass is 16.5. The van der Waals surface area contributed by atoms with Gasteiger partial charge in [0.15, 0.2) is 0 Å². The van der Waals surface area contributed by atoms with Crippen molar-refractivity contribution >= 4 is 5.97 Å². The van der Waals surface area contributed by atoms with Crippen molar-refractivity contribution in [2.75, 3.05) is 13.2 Å². The summed E-state index contributed by atoms with van der Waals surface area (Å²) in [6.45, 7) is 6.71. The monoisotopic (exact) mass is 168 g/mol. The third kappa shape index (κ3) is 4.46. The molecule has 0 heterocycles. The first-order valence-corrected chi connectivity index (χ1v) is 3.48. The van der Waals surface area contributed by atoms with Gasteiger partial charge in [-0.05, 0) is 6.08 Å². The van der Waals surface area contributed by atoms with Crippen molar-refractivity contribution in [1.82, 2.24) is 0 Å². The number of carbonyl (C=O) groups is 1. The first-order valence-electron chi connectivity index (χ1n) is 3.48. The van der Waals surface area contributed by atoms with Crippen LogP contribution in [0.15, 0.2) is 37.0 Å². The summed E-state index contributed by atoms with van der Waals surface area (Å²) in [5.41, 5.74) is 0.239. The summed E-state index contributed by atoms with van der Waals surface area (Å²) >= 11 is 0. The average Bonchev–Trinajstić information content (AvgIpc) is 2.10. The minimum atomic E-state index is -0.526. The van der Waals surface area contributed by atoms with E-state index in [1.54, 1.807) is 6.08 Å². The predicted molar refractivity (Wildman–Crippen MR) is 46.5 cm³/mol. The first kappa shape index (κ1) is 10.7. The summed E-state index contributed by atoms with van der Waals surface area (Å²) in [6.07, 6.45) is 4.61. The molecule has 0 amide bonds. The highest BCUT2D eigenvalue weighted by Crippen LogP contribution is 1.96. The van der Waals surface area contributed by atoms with Gasteiger partial charge in [0.1, 0.15) is 6.61 Å². The van der Waals surface area contributed by atoms with Crippen LogP contribution in [0.25, 0.3) is 0 Å². The number of carbonyl (C=O) groups excluding carboxylic acids is 1. The zero-order valence-corrected chi connectivity index (χ0v) is 6.82. The van der Waals surface area contributed by atoms with E-state index in [0.29, 0.717) is 0 Å². The number of hydrogen-bond donors (Lipinski definition) is 1. The van der Waals surface area contributed by atoms with Crippen molar-refractivity contribution in [3.05, 3.63) is 37.0 Å². The van der Waals surface area contributed by atoms with Crippen molar-refractivity contribution in [1.29, 1.82) is 0 Å². The van der Waals surface area contributed by atoms with Crippen LogP contribution < -0.4 is 0 Å². The molecule has 0 atom stereocenters. The van der Waals surface area contributed by atoms with Gasteiger partial charge in [0.05, 0.1) is 12.2 Å². The molecular weight excluding hydrogens is 156 g/mol. The second-order valence-electron chi connectivity index (χ2n) is 1.98. The molecule has 0 unspecified atom stereocenters.